The number of rotatable bonds is 3. The SMILES string of the molecule is [Cl-].[NH3+]CC=CCC(O)(O)O. The first kappa shape index (κ1) is 12.5. The van der Waals surface area contributed by atoms with Crippen LogP contribution < -0.4 is 18.1 Å². The van der Waals surface area contributed by atoms with Crippen LogP contribution in [0.5, 0.6) is 0 Å². The summed E-state index contributed by atoms with van der Waals surface area (Å²) in [7, 11) is 0. The molecule has 0 saturated carbocycles. The fourth-order valence-electron chi connectivity index (χ4n) is 0.359. The highest BCUT2D eigenvalue weighted by Crippen LogP contribution is 1.99. The lowest BCUT2D eigenvalue weighted by atomic mass is 10.3. The average Bonchev–Trinajstić information content (AvgIpc) is 1.63. The van der Waals surface area contributed by atoms with Crippen LogP contribution in [0.25, 0.3) is 0 Å². The van der Waals surface area contributed by atoms with Crippen molar-refractivity contribution in [2.75, 3.05) is 6.54 Å². The Morgan fingerprint density at radius 2 is 1.70 bits per heavy atom. The van der Waals surface area contributed by atoms with Crippen LogP contribution in [-0.4, -0.2) is 27.8 Å². The van der Waals surface area contributed by atoms with E-state index in [9.17, 15) is 0 Å². The zero-order valence-electron chi connectivity index (χ0n) is 5.50. The van der Waals surface area contributed by atoms with Gasteiger partial charge in [0.2, 0.25) is 0 Å². The summed E-state index contributed by atoms with van der Waals surface area (Å²) in [6, 6.07) is 0. The fourth-order valence-corrected chi connectivity index (χ4v) is 0.359. The molecule has 0 heterocycles. The molecule has 0 aromatic rings. The van der Waals surface area contributed by atoms with E-state index in [-0.39, 0.29) is 18.8 Å². The Morgan fingerprint density at radius 1 is 1.20 bits per heavy atom. The molecule has 0 rings (SSSR count). The lowest BCUT2D eigenvalue weighted by molar-refractivity contribution is -0.353. The standard InChI is InChI=1S/C5H11NO3.ClH/c6-4-2-1-3-5(7,8)9;/h1-2,7-9H,3-4,6H2;1H. The molecule has 5 heteroatoms. The van der Waals surface area contributed by atoms with Gasteiger partial charge >= 0.3 is 0 Å². The van der Waals surface area contributed by atoms with Gasteiger partial charge in [-0.15, -0.1) is 0 Å². The van der Waals surface area contributed by atoms with Gasteiger partial charge in [-0.2, -0.15) is 0 Å². The van der Waals surface area contributed by atoms with Crippen LogP contribution in [0, 0.1) is 0 Å². The van der Waals surface area contributed by atoms with Crippen molar-refractivity contribution in [3.63, 3.8) is 0 Å². The van der Waals surface area contributed by atoms with Gasteiger partial charge in [0.05, 0.1) is 6.54 Å². The second-order valence-corrected chi connectivity index (χ2v) is 1.74. The van der Waals surface area contributed by atoms with E-state index in [1.165, 1.54) is 6.08 Å². The molecule has 0 fully saturated rings. The summed E-state index contributed by atoms with van der Waals surface area (Å²) in [5.41, 5.74) is 3.47. The maximum Gasteiger partial charge on any atom is 0.278 e. The Kier molecular flexibility index (Phi) is 7.07. The van der Waals surface area contributed by atoms with Gasteiger partial charge in [-0.25, -0.2) is 0 Å². The summed E-state index contributed by atoms with van der Waals surface area (Å²) >= 11 is 0. The fraction of sp³-hybridized carbons (Fsp3) is 0.600. The highest BCUT2D eigenvalue weighted by atomic mass is 35.5. The van der Waals surface area contributed by atoms with Crippen LogP contribution in [0.15, 0.2) is 12.2 Å². The van der Waals surface area contributed by atoms with E-state index in [1.54, 1.807) is 6.08 Å². The zero-order chi connectivity index (χ0) is 7.33. The molecule has 6 N–H and O–H groups in total. The maximum atomic E-state index is 8.28. The van der Waals surface area contributed by atoms with Crippen LogP contribution in [0.3, 0.4) is 0 Å². The van der Waals surface area contributed by atoms with Crippen LogP contribution in [0.1, 0.15) is 6.42 Å². The molecular formula is C5H12ClNO3. The molecule has 62 valence electrons. The van der Waals surface area contributed by atoms with E-state index in [1.807, 2.05) is 0 Å². The molecule has 0 aromatic carbocycles. The van der Waals surface area contributed by atoms with E-state index >= 15 is 0 Å². The molecule has 10 heavy (non-hydrogen) atoms. The van der Waals surface area contributed by atoms with Gasteiger partial charge in [0.25, 0.3) is 5.97 Å². The Morgan fingerprint density at radius 3 is 2.00 bits per heavy atom. The Bertz CT molecular complexity index is 99.6. The number of quaternary nitrogens is 1. The second-order valence-electron chi connectivity index (χ2n) is 1.74. The van der Waals surface area contributed by atoms with Crippen molar-refractivity contribution >= 4 is 0 Å². The van der Waals surface area contributed by atoms with Crippen molar-refractivity contribution in [3.8, 4) is 0 Å². The predicted molar refractivity (Wildman–Crippen MR) is 30.9 cm³/mol. The van der Waals surface area contributed by atoms with Crippen molar-refractivity contribution in [2.45, 2.75) is 12.4 Å². The van der Waals surface area contributed by atoms with Crippen molar-refractivity contribution in [1.82, 2.24) is 0 Å². The molecule has 0 atom stereocenters. The maximum absolute atomic E-state index is 8.28. The summed E-state index contributed by atoms with van der Waals surface area (Å²) < 4.78 is 0. The third-order valence-corrected chi connectivity index (χ3v) is 0.725. The smallest absolute Gasteiger partial charge is 0.278 e. The first-order valence-corrected chi connectivity index (χ1v) is 2.67. The lowest BCUT2D eigenvalue weighted by Gasteiger charge is -2.09. The van der Waals surface area contributed by atoms with Crippen molar-refractivity contribution in [2.24, 2.45) is 0 Å². The predicted octanol–water partition coefficient (Wildman–Crippen LogP) is -5.19. The molecule has 0 spiro atoms. The van der Waals surface area contributed by atoms with Crippen molar-refractivity contribution in [3.05, 3.63) is 12.2 Å². The minimum atomic E-state index is -2.56. The molecule has 0 aliphatic rings. The molecule has 0 radical (unpaired) electrons. The molecule has 0 aliphatic heterocycles. The number of aliphatic hydroxyl groups is 3. The van der Waals surface area contributed by atoms with Crippen LogP contribution in [0.2, 0.25) is 0 Å². The second kappa shape index (κ2) is 5.64. The number of hydrogen-bond donors (Lipinski definition) is 4. The first-order valence-electron chi connectivity index (χ1n) is 2.67. The van der Waals surface area contributed by atoms with Gasteiger partial charge < -0.3 is 33.5 Å². The molecule has 0 aliphatic carbocycles. The summed E-state index contributed by atoms with van der Waals surface area (Å²) in [5, 5.41) is 24.9. The van der Waals surface area contributed by atoms with E-state index in [0.29, 0.717) is 6.54 Å². The largest absolute Gasteiger partial charge is 1.00 e. The quantitative estimate of drug-likeness (QED) is 0.252. The zero-order valence-corrected chi connectivity index (χ0v) is 6.25. The third kappa shape index (κ3) is 10.8. The molecule has 0 aromatic heterocycles. The number of hydrogen-bond acceptors (Lipinski definition) is 3. The van der Waals surface area contributed by atoms with E-state index < -0.39 is 5.97 Å². The first-order chi connectivity index (χ1) is 4.06. The van der Waals surface area contributed by atoms with Crippen molar-refractivity contribution < 1.29 is 33.5 Å². The van der Waals surface area contributed by atoms with Gasteiger partial charge in [-0.1, -0.05) is 6.08 Å². The van der Waals surface area contributed by atoms with E-state index in [2.05, 4.69) is 5.73 Å². The normalized spacial score (nSPS) is 11.6. The molecule has 0 unspecified atom stereocenters. The molecule has 0 bridgehead atoms. The highest BCUT2D eigenvalue weighted by Gasteiger charge is 2.14. The molecule has 0 saturated heterocycles. The minimum Gasteiger partial charge on any atom is -1.00 e. The van der Waals surface area contributed by atoms with Gasteiger partial charge in [0.1, 0.15) is 0 Å². The van der Waals surface area contributed by atoms with E-state index in [4.69, 9.17) is 15.3 Å². The van der Waals surface area contributed by atoms with Crippen LogP contribution in [0.4, 0.5) is 0 Å². The van der Waals surface area contributed by atoms with Gasteiger partial charge in [-0.05, 0) is 6.08 Å². The Labute approximate surface area is 65.4 Å². The van der Waals surface area contributed by atoms with Crippen LogP contribution >= 0.6 is 0 Å². The van der Waals surface area contributed by atoms with Gasteiger partial charge in [0, 0.05) is 6.42 Å². The summed E-state index contributed by atoms with van der Waals surface area (Å²) in [4.78, 5) is 0. The van der Waals surface area contributed by atoms with E-state index in [0.717, 1.165) is 0 Å². The monoisotopic (exact) mass is 169 g/mol. The van der Waals surface area contributed by atoms with Gasteiger partial charge in [-0.3, -0.25) is 0 Å². The third-order valence-electron chi connectivity index (χ3n) is 0.725. The molecule has 4 nitrogen and oxygen atoms in total. The van der Waals surface area contributed by atoms with Gasteiger partial charge in [0.15, 0.2) is 0 Å². The molecule has 0 amide bonds. The summed E-state index contributed by atoms with van der Waals surface area (Å²) in [6.07, 6.45) is 2.91. The Balaban J connectivity index is 0. The lowest BCUT2D eigenvalue weighted by Crippen LogP contribution is -3.00. The Hall–Kier alpha value is -0.130. The summed E-state index contributed by atoms with van der Waals surface area (Å²) in [5.74, 6) is -2.56. The number of halogens is 1. The highest BCUT2D eigenvalue weighted by molar-refractivity contribution is 4.82. The topological polar surface area (TPSA) is 88.3 Å². The minimum absolute atomic E-state index is 0. The average molecular weight is 170 g/mol. The summed E-state index contributed by atoms with van der Waals surface area (Å²) in [6.45, 7) is 0.579. The molecular weight excluding hydrogens is 158 g/mol. The van der Waals surface area contributed by atoms with Crippen LogP contribution in [-0.2, 0) is 0 Å². The van der Waals surface area contributed by atoms with Crippen molar-refractivity contribution in [1.29, 1.82) is 0 Å².